The van der Waals surface area contributed by atoms with E-state index in [2.05, 4.69) is 0 Å². The average Bonchev–Trinajstić information content (AvgIpc) is 2.30. The number of carbonyl (C=O) groups excluding carboxylic acids is 2. The number of hydrogen-bond acceptors (Lipinski definition) is 2. The number of hydrogen-bond donors (Lipinski definition) is 0. The van der Waals surface area contributed by atoms with Crippen molar-refractivity contribution in [3.8, 4) is 0 Å². The fraction of sp³-hybridized carbons (Fsp3) is 0.286. The highest BCUT2D eigenvalue weighted by atomic mass is 16.1. The molecule has 84 valence electrons. The molecule has 1 rings (SSSR count). The fourth-order valence-corrected chi connectivity index (χ4v) is 1.53. The first-order valence-corrected chi connectivity index (χ1v) is 5.37. The van der Waals surface area contributed by atoms with Crippen molar-refractivity contribution in [2.45, 2.75) is 20.3 Å². The maximum absolute atomic E-state index is 12.0. The van der Waals surface area contributed by atoms with Gasteiger partial charge in [0.25, 0.3) is 0 Å². The lowest BCUT2D eigenvalue weighted by atomic mass is 9.91. The molecule has 1 atom stereocenters. The lowest BCUT2D eigenvalue weighted by Crippen LogP contribution is -2.21. The third-order valence-electron chi connectivity index (χ3n) is 2.47. The number of benzene rings is 1. The van der Waals surface area contributed by atoms with Crippen LogP contribution < -0.4 is 0 Å². The van der Waals surface area contributed by atoms with Crippen LogP contribution in [0.25, 0.3) is 0 Å². The number of carbonyl (C=O) groups is 2. The monoisotopic (exact) mass is 216 g/mol. The Morgan fingerprint density at radius 3 is 2.38 bits per heavy atom. The molecule has 0 bridgehead atoms. The van der Waals surface area contributed by atoms with Gasteiger partial charge in [-0.05, 0) is 20.3 Å². The highest BCUT2D eigenvalue weighted by Crippen LogP contribution is 2.14. The summed E-state index contributed by atoms with van der Waals surface area (Å²) >= 11 is 0. The van der Waals surface area contributed by atoms with Crippen molar-refractivity contribution in [1.29, 1.82) is 0 Å². The van der Waals surface area contributed by atoms with Crippen molar-refractivity contribution < 1.29 is 9.59 Å². The molecule has 0 aromatic heterocycles. The van der Waals surface area contributed by atoms with E-state index in [1.54, 1.807) is 24.3 Å². The fourth-order valence-electron chi connectivity index (χ4n) is 1.53. The SMILES string of the molecule is CC=CCC(C(C)=O)C(=O)c1ccccc1. The smallest absolute Gasteiger partial charge is 0.173 e. The highest BCUT2D eigenvalue weighted by Gasteiger charge is 2.22. The maximum Gasteiger partial charge on any atom is 0.173 e. The topological polar surface area (TPSA) is 34.1 Å². The van der Waals surface area contributed by atoms with Crippen LogP contribution in [0.3, 0.4) is 0 Å². The van der Waals surface area contributed by atoms with Gasteiger partial charge in [-0.3, -0.25) is 9.59 Å². The Morgan fingerprint density at radius 1 is 1.25 bits per heavy atom. The second-order valence-electron chi connectivity index (χ2n) is 3.70. The van der Waals surface area contributed by atoms with Gasteiger partial charge < -0.3 is 0 Å². The lowest BCUT2D eigenvalue weighted by molar-refractivity contribution is -0.119. The van der Waals surface area contributed by atoms with E-state index in [0.717, 1.165) is 0 Å². The Hall–Kier alpha value is -1.70. The van der Waals surface area contributed by atoms with Crippen LogP contribution in [0.2, 0.25) is 0 Å². The van der Waals surface area contributed by atoms with Crippen molar-refractivity contribution in [3.63, 3.8) is 0 Å². The van der Waals surface area contributed by atoms with Gasteiger partial charge in [0.05, 0.1) is 5.92 Å². The molecule has 0 heterocycles. The minimum Gasteiger partial charge on any atom is -0.299 e. The molecule has 0 fully saturated rings. The zero-order valence-electron chi connectivity index (χ0n) is 9.64. The first-order valence-electron chi connectivity index (χ1n) is 5.37. The molecule has 0 aliphatic rings. The Labute approximate surface area is 96.0 Å². The van der Waals surface area contributed by atoms with Gasteiger partial charge in [-0.25, -0.2) is 0 Å². The first-order chi connectivity index (χ1) is 7.66. The van der Waals surface area contributed by atoms with Gasteiger partial charge in [0.1, 0.15) is 5.78 Å². The summed E-state index contributed by atoms with van der Waals surface area (Å²) in [7, 11) is 0. The molecule has 0 saturated carbocycles. The van der Waals surface area contributed by atoms with E-state index in [4.69, 9.17) is 0 Å². The molecule has 1 unspecified atom stereocenters. The number of Topliss-reactive ketones (excluding diaryl/α,β-unsaturated/α-hetero) is 2. The Bertz CT molecular complexity index is 390. The highest BCUT2D eigenvalue weighted by molar-refractivity contribution is 6.10. The van der Waals surface area contributed by atoms with Crippen molar-refractivity contribution >= 4 is 11.6 Å². The van der Waals surface area contributed by atoms with Crippen molar-refractivity contribution in [3.05, 3.63) is 48.0 Å². The predicted octanol–water partition coefficient (Wildman–Crippen LogP) is 3.04. The van der Waals surface area contributed by atoms with Crippen LogP contribution in [-0.2, 0) is 4.79 Å². The molecular weight excluding hydrogens is 200 g/mol. The molecule has 0 amide bonds. The summed E-state index contributed by atoms with van der Waals surface area (Å²) in [5.74, 6) is -0.711. The van der Waals surface area contributed by atoms with Crippen LogP contribution >= 0.6 is 0 Å². The molecule has 0 radical (unpaired) electrons. The first kappa shape index (κ1) is 12.4. The van der Waals surface area contributed by atoms with E-state index in [9.17, 15) is 9.59 Å². The van der Waals surface area contributed by atoms with Gasteiger partial charge in [-0.1, -0.05) is 42.5 Å². The van der Waals surface area contributed by atoms with E-state index in [1.807, 2.05) is 25.1 Å². The molecule has 16 heavy (non-hydrogen) atoms. The van der Waals surface area contributed by atoms with E-state index in [-0.39, 0.29) is 11.6 Å². The van der Waals surface area contributed by atoms with Crippen LogP contribution in [0.4, 0.5) is 0 Å². The summed E-state index contributed by atoms with van der Waals surface area (Å²) < 4.78 is 0. The molecule has 0 spiro atoms. The third-order valence-corrected chi connectivity index (χ3v) is 2.47. The lowest BCUT2D eigenvalue weighted by Gasteiger charge is -2.10. The Kier molecular flexibility index (Phi) is 4.65. The minimum absolute atomic E-state index is 0.0769. The van der Waals surface area contributed by atoms with Gasteiger partial charge in [-0.2, -0.15) is 0 Å². The molecule has 0 aliphatic heterocycles. The summed E-state index contributed by atoms with van der Waals surface area (Å²) in [4.78, 5) is 23.4. The van der Waals surface area contributed by atoms with Crippen LogP contribution in [0.1, 0.15) is 30.6 Å². The Balaban J connectivity index is 2.87. The second-order valence-corrected chi connectivity index (χ2v) is 3.70. The largest absolute Gasteiger partial charge is 0.299 e. The second kappa shape index (κ2) is 6.01. The number of rotatable bonds is 5. The molecule has 2 nitrogen and oxygen atoms in total. The van der Waals surface area contributed by atoms with Crippen LogP contribution in [-0.4, -0.2) is 11.6 Å². The van der Waals surface area contributed by atoms with Crippen LogP contribution in [0, 0.1) is 5.92 Å². The number of allylic oxidation sites excluding steroid dienone is 2. The normalized spacial score (nSPS) is 12.6. The number of ketones is 2. The standard InChI is InChI=1S/C14H16O2/c1-3-4-10-13(11(2)15)14(16)12-8-6-5-7-9-12/h3-9,13H,10H2,1-2H3. The molecule has 0 N–H and O–H groups in total. The van der Waals surface area contributed by atoms with Crippen LogP contribution in [0.5, 0.6) is 0 Å². The van der Waals surface area contributed by atoms with Crippen molar-refractivity contribution in [1.82, 2.24) is 0 Å². The molecular formula is C14H16O2. The van der Waals surface area contributed by atoms with E-state index < -0.39 is 5.92 Å². The summed E-state index contributed by atoms with van der Waals surface area (Å²) in [6.07, 6.45) is 4.20. The molecule has 0 aliphatic carbocycles. The summed E-state index contributed by atoms with van der Waals surface area (Å²) in [6.45, 7) is 3.35. The van der Waals surface area contributed by atoms with Gasteiger partial charge >= 0.3 is 0 Å². The minimum atomic E-state index is -0.543. The van der Waals surface area contributed by atoms with Crippen LogP contribution in [0.15, 0.2) is 42.5 Å². The summed E-state index contributed by atoms with van der Waals surface area (Å²) in [5, 5.41) is 0. The summed E-state index contributed by atoms with van der Waals surface area (Å²) in [5.41, 5.74) is 0.604. The zero-order valence-corrected chi connectivity index (χ0v) is 9.64. The molecule has 1 aromatic rings. The van der Waals surface area contributed by atoms with Gasteiger partial charge in [0, 0.05) is 5.56 Å². The predicted molar refractivity (Wildman–Crippen MR) is 64.4 cm³/mol. The van der Waals surface area contributed by atoms with Gasteiger partial charge in [-0.15, -0.1) is 0 Å². The maximum atomic E-state index is 12.0. The average molecular weight is 216 g/mol. The molecule has 2 heteroatoms. The van der Waals surface area contributed by atoms with E-state index in [1.165, 1.54) is 6.92 Å². The van der Waals surface area contributed by atoms with Crippen molar-refractivity contribution in [2.75, 3.05) is 0 Å². The summed E-state index contributed by atoms with van der Waals surface area (Å²) in [6, 6.07) is 8.95. The quantitative estimate of drug-likeness (QED) is 0.430. The van der Waals surface area contributed by atoms with E-state index >= 15 is 0 Å². The molecule has 1 aromatic carbocycles. The Morgan fingerprint density at radius 2 is 1.88 bits per heavy atom. The van der Waals surface area contributed by atoms with Crippen molar-refractivity contribution in [2.24, 2.45) is 5.92 Å². The van der Waals surface area contributed by atoms with Gasteiger partial charge in [0.15, 0.2) is 5.78 Å². The molecule has 0 saturated heterocycles. The zero-order chi connectivity index (χ0) is 12.0. The van der Waals surface area contributed by atoms with E-state index in [0.29, 0.717) is 12.0 Å². The van der Waals surface area contributed by atoms with Gasteiger partial charge in [0.2, 0.25) is 0 Å². The third kappa shape index (κ3) is 3.16.